The van der Waals surface area contributed by atoms with Gasteiger partial charge in [0.25, 0.3) is 11.6 Å². The number of carbonyl (C=O) groups is 1. The van der Waals surface area contributed by atoms with Crippen molar-refractivity contribution in [2.75, 3.05) is 26.2 Å². The van der Waals surface area contributed by atoms with Crippen LogP contribution in [-0.4, -0.2) is 64.4 Å². The summed E-state index contributed by atoms with van der Waals surface area (Å²) in [4.78, 5) is 24.5. The van der Waals surface area contributed by atoms with Crippen LogP contribution in [-0.2, 0) is 10.0 Å². The quantitative estimate of drug-likeness (QED) is 0.398. The van der Waals surface area contributed by atoms with E-state index in [0.717, 1.165) is 18.2 Å². The van der Waals surface area contributed by atoms with Gasteiger partial charge < -0.3 is 4.90 Å². The number of aromatic nitrogens is 2. The van der Waals surface area contributed by atoms with Crippen molar-refractivity contribution in [1.29, 1.82) is 0 Å². The molecule has 0 radical (unpaired) electrons. The monoisotopic (exact) mass is 493 g/mol. The Kier molecular flexibility index (Phi) is 6.15. The fourth-order valence-corrected chi connectivity index (χ4v) is 5.08. The normalized spacial score (nSPS) is 14.9. The van der Waals surface area contributed by atoms with Crippen molar-refractivity contribution in [1.82, 2.24) is 19.0 Å². The summed E-state index contributed by atoms with van der Waals surface area (Å²) in [6, 6.07) is 10.4. The number of nitro benzene ring substituents is 1. The highest BCUT2D eigenvalue weighted by Crippen LogP contribution is 2.23. The Labute approximate surface area is 193 Å². The Morgan fingerprint density at radius 1 is 1.06 bits per heavy atom. The first kappa shape index (κ1) is 22.8. The van der Waals surface area contributed by atoms with Crippen LogP contribution in [0.3, 0.4) is 0 Å². The Balaban J connectivity index is 1.42. The molecule has 2 aromatic carbocycles. The van der Waals surface area contributed by atoms with Gasteiger partial charge in [-0.1, -0.05) is 11.6 Å². The van der Waals surface area contributed by atoms with Crippen molar-refractivity contribution in [2.45, 2.75) is 4.90 Å². The molecule has 10 nitrogen and oxygen atoms in total. The molecular weight excluding hydrogens is 477 g/mol. The number of amides is 1. The molecule has 1 saturated heterocycles. The first-order valence-electron chi connectivity index (χ1n) is 9.72. The fourth-order valence-electron chi connectivity index (χ4n) is 3.39. The molecule has 2 heterocycles. The van der Waals surface area contributed by atoms with Crippen molar-refractivity contribution in [3.05, 3.63) is 81.4 Å². The van der Waals surface area contributed by atoms with E-state index in [1.54, 1.807) is 6.20 Å². The summed E-state index contributed by atoms with van der Waals surface area (Å²) in [5.74, 6) is -1.07. The van der Waals surface area contributed by atoms with Crippen molar-refractivity contribution < 1.29 is 22.5 Å². The van der Waals surface area contributed by atoms with Gasteiger partial charge in [-0.15, -0.1) is 0 Å². The van der Waals surface area contributed by atoms with Crippen LogP contribution in [0.4, 0.5) is 10.1 Å². The van der Waals surface area contributed by atoms with E-state index in [1.807, 2.05) is 0 Å². The third-order valence-electron chi connectivity index (χ3n) is 5.19. The van der Waals surface area contributed by atoms with E-state index in [2.05, 4.69) is 5.10 Å². The molecule has 0 spiro atoms. The lowest BCUT2D eigenvalue weighted by Crippen LogP contribution is -2.50. The second-order valence-electron chi connectivity index (χ2n) is 7.19. The van der Waals surface area contributed by atoms with Gasteiger partial charge in [0.15, 0.2) is 5.69 Å². The van der Waals surface area contributed by atoms with Gasteiger partial charge in [-0.05, 0) is 36.4 Å². The standard InChI is InChI=1S/C20H17ClFN5O5S/c21-17-13-16(5-6-18(17)22)33(31,32)25-11-9-24(10-12-25)20(28)19-7-8-26(23-19)14-1-3-15(4-2-14)27(29)30/h1-8,13H,9-12H2. The maximum atomic E-state index is 13.4. The summed E-state index contributed by atoms with van der Waals surface area (Å²) in [7, 11) is -3.88. The third-order valence-corrected chi connectivity index (χ3v) is 7.37. The zero-order valence-electron chi connectivity index (χ0n) is 17.0. The highest BCUT2D eigenvalue weighted by atomic mass is 35.5. The first-order chi connectivity index (χ1) is 15.7. The predicted octanol–water partition coefficient (Wildman–Crippen LogP) is 2.72. The molecule has 33 heavy (non-hydrogen) atoms. The van der Waals surface area contributed by atoms with Crippen molar-refractivity contribution in [3.8, 4) is 5.69 Å². The molecule has 0 N–H and O–H groups in total. The molecule has 0 saturated carbocycles. The number of hydrogen-bond donors (Lipinski definition) is 0. The van der Waals surface area contributed by atoms with Crippen molar-refractivity contribution >= 4 is 33.2 Å². The number of piperazine rings is 1. The van der Waals surface area contributed by atoms with E-state index in [1.165, 1.54) is 44.2 Å². The van der Waals surface area contributed by atoms with E-state index in [4.69, 9.17) is 11.6 Å². The lowest BCUT2D eigenvalue weighted by Gasteiger charge is -2.33. The average molecular weight is 494 g/mol. The number of hydrogen-bond acceptors (Lipinski definition) is 6. The minimum atomic E-state index is -3.88. The van der Waals surface area contributed by atoms with Crippen molar-refractivity contribution in [3.63, 3.8) is 0 Å². The number of benzene rings is 2. The van der Waals surface area contributed by atoms with E-state index in [-0.39, 0.29) is 53.4 Å². The maximum absolute atomic E-state index is 13.4. The topological polar surface area (TPSA) is 119 Å². The highest BCUT2D eigenvalue weighted by Gasteiger charge is 2.31. The van der Waals surface area contributed by atoms with Gasteiger partial charge in [0.05, 0.1) is 20.5 Å². The average Bonchev–Trinajstić information content (AvgIpc) is 3.31. The largest absolute Gasteiger partial charge is 0.335 e. The summed E-state index contributed by atoms with van der Waals surface area (Å²) in [5.41, 5.74) is 0.654. The van der Waals surface area contributed by atoms with E-state index in [0.29, 0.717) is 5.69 Å². The van der Waals surface area contributed by atoms with Gasteiger partial charge in [0.1, 0.15) is 5.82 Å². The van der Waals surface area contributed by atoms with Gasteiger partial charge in [-0.2, -0.15) is 9.40 Å². The number of nitrogens with zero attached hydrogens (tertiary/aromatic N) is 5. The summed E-state index contributed by atoms with van der Waals surface area (Å²) in [6.45, 7) is 0.424. The lowest BCUT2D eigenvalue weighted by molar-refractivity contribution is -0.384. The van der Waals surface area contributed by atoms with E-state index < -0.39 is 20.8 Å². The maximum Gasteiger partial charge on any atom is 0.274 e. The SMILES string of the molecule is O=C(c1ccn(-c2ccc([N+](=O)[O-])cc2)n1)N1CCN(S(=O)(=O)c2ccc(F)c(Cl)c2)CC1. The molecule has 0 unspecified atom stereocenters. The number of non-ortho nitro benzene ring substituents is 1. The zero-order chi connectivity index (χ0) is 23.8. The second kappa shape index (κ2) is 8.89. The molecule has 0 atom stereocenters. The van der Waals surface area contributed by atoms with Crippen molar-refractivity contribution in [2.24, 2.45) is 0 Å². The summed E-state index contributed by atoms with van der Waals surface area (Å²) in [5, 5.41) is 14.7. The minimum Gasteiger partial charge on any atom is -0.335 e. The highest BCUT2D eigenvalue weighted by molar-refractivity contribution is 7.89. The Hall–Kier alpha value is -3.35. The van der Waals surface area contributed by atoms with Crippen LogP contribution in [0.5, 0.6) is 0 Å². The molecule has 3 aromatic rings. The molecule has 4 rings (SSSR count). The van der Waals surface area contributed by atoms with Gasteiger partial charge >= 0.3 is 0 Å². The zero-order valence-corrected chi connectivity index (χ0v) is 18.5. The van der Waals surface area contributed by atoms with Gasteiger partial charge in [0, 0.05) is 44.5 Å². The molecule has 13 heteroatoms. The van der Waals surface area contributed by atoms with Crippen LogP contribution in [0.15, 0.2) is 59.6 Å². The smallest absolute Gasteiger partial charge is 0.274 e. The number of nitro groups is 1. The number of carbonyl (C=O) groups excluding carboxylic acids is 1. The number of sulfonamides is 1. The van der Waals surface area contributed by atoms with Gasteiger partial charge in [0.2, 0.25) is 10.0 Å². The fraction of sp³-hybridized carbons (Fsp3) is 0.200. The number of rotatable bonds is 5. The Bertz CT molecular complexity index is 1320. The first-order valence-corrected chi connectivity index (χ1v) is 11.5. The summed E-state index contributed by atoms with van der Waals surface area (Å²) >= 11 is 5.71. The lowest BCUT2D eigenvalue weighted by atomic mass is 10.3. The van der Waals surface area contributed by atoms with Crippen LogP contribution in [0.1, 0.15) is 10.5 Å². The van der Waals surface area contributed by atoms with Crippen LogP contribution in [0, 0.1) is 15.9 Å². The van der Waals surface area contributed by atoms with E-state index in [9.17, 15) is 27.7 Å². The second-order valence-corrected chi connectivity index (χ2v) is 9.54. The van der Waals surface area contributed by atoms with Crippen LogP contribution >= 0.6 is 11.6 Å². The molecule has 1 aliphatic rings. The molecule has 0 aliphatic carbocycles. The Morgan fingerprint density at radius 2 is 1.73 bits per heavy atom. The Morgan fingerprint density at radius 3 is 2.33 bits per heavy atom. The summed E-state index contributed by atoms with van der Waals surface area (Å²) in [6.07, 6.45) is 1.56. The molecule has 0 bridgehead atoms. The third kappa shape index (κ3) is 4.58. The molecular formula is C20H17ClFN5O5S. The van der Waals surface area contributed by atoms with Crippen LogP contribution in [0.25, 0.3) is 5.69 Å². The van der Waals surface area contributed by atoms with Gasteiger partial charge in [-0.3, -0.25) is 14.9 Å². The predicted molar refractivity (Wildman–Crippen MR) is 116 cm³/mol. The molecule has 1 amide bonds. The minimum absolute atomic E-state index is 0.0575. The molecule has 1 aliphatic heterocycles. The summed E-state index contributed by atoms with van der Waals surface area (Å²) < 4.78 is 41.6. The molecule has 172 valence electrons. The molecule has 1 aromatic heterocycles. The van der Waals surface area contributed by atoms with Crippen LogP contribution in [0.2, 0.25) is 5.02 Å². The van der Waals surface area contributed by atoms with Gasteiger partial charge in [-0.25, -0.2) is 17.5 Å². The van der Waals surface area contributed by atoms with E-state index >= 15 is 0 Å². The number of halogens is 2. The molecule has 1 fully saturated rings. The van der Waals surface area contributed by atoms with Crippen LogP contribution < -0.4 is 0 Å².